The van der Waals surface area contributed by atoms with Crippen LogP contribution < -0.4 is 9.47 Å². The van der Waals surface area contributed by atoms with Gasteiger partial charge in [0.05, 0.1) is 25.1 Å². The lowest BCUT2D eigenvalue weighted by Gasteiger charge is -2.31. The molecule has 0 fully saturated rings. The number of aromatic nitrogens is 2. The number of thiophene rings is 1. The number of ether oxygens (including phenoxy) is 3. The highest BCUT2D eigenvalue weighted by Gasteiger charge is 2.34. The van der Waals surface area contributed by atoms with Crippen molar-refractivity contribution < 1.29 is 19.0 Å². The average molecular weight is 468 g/mol. The van der Waals surface area contributed by atoms with E-state index in [4.69, 9.17) is 19.3 Å². The van der Waals surface area contributed by atoms with Gasteiger partial charge in [-0.05, 0) is 38.3 Å². The first-order valence-corrected chi connectivity index (χ1v) is 11.6. The molecule has 0 radical (unpaired) electrons. The van der Waals surface area contributed by atoms with Crippen LogP contribution in [0.15, 0.2) is 35.0 Å². The van der Waals surface area contributed by atoms with E-state index in [2.05, 4.69) is 0 Å². The topological polar surface area (TPSA) is 65.8 Å². The molecule has 1 aromatic carbocycles. The third-order valence-electron chi connectivity index (χ3n) is 5.77. The van der Waals surface area contributed by atoms with Crippen LogP contribution in [0, 0.1) is 0 Å². The summed E-state index contributed by atoms with van der Waals surface area (Å²) >= 11 is 1.58. The first-order chi connectivity index (χ1) is 15.8. The summed E-state index contributed by atoms with van der Waals surface area (Å²) in [5.41, 5.74) is 4.39. The van der Waals surface area contributed by atoms with E-state index in [-0.39, 0.29) is 18.1 Å². The smallest absolute Gasteiger partial charge is 0.274 e. The molecule has 1 amide bonds. The summed E-state index contributed by atoms with van der Waals surface area (Å²) in [5.74, 6) is 1.27. The Morgan fingerprint density at radius 3 is 2.76 bits per heavy atom. The fourth-order valence-electron chi connectivity index (χ4n) is 3.67. The molecule has 3 heterocycles. The molecule has 33 heavy (non-hydrogen) atoms. The zero-order valence-corrected chi connectivity index (χ0v) is 20.7. The van der Waals surface area contributed by atoms with Gasteiger partial charge >= 0.3 is 0 Å². The van der Waals surface area contributed by atoms with Gasteiger partial charge in [0.15, 0.2) is 5.69 Å². The number of benzene rings is 1. The minimum atomic E-state index is -0.337. The number of nitrogens with zero attached hydrogens (tertiary/aromatic N) is 3. The van der Waals surface area contributed by atoms with Crippen molar-refractivity contribution in [2.24, 2.45) is 0 Å². The zero-order chi connectivity index (χ0) is 23.8. The SMILES string of the molecule is COC/C=C/c1cc2c(cc1OC)OCc1c(C(=O)N(C)C(C)(C)C)nn(-c3ccsc3)c1-2. The molecule has 0 bridgehead atoms. The molecule has 174 valence electrons. The largest absolute Gasteiger partial charge is 0.496 e. The van der Waals surface area contributed by atoms with Gasteiger partial charge in [0, 0.05) is 47.8 Å². The first-order valence-electron chi connectivity index (χ1n) is 10.7. The Bertz CT molecular complexity index is 1190. The third-order valence-corrected chi connectivity index (χ3v) is 6.44. The van der Waals surface area contributed by atoms with Crippen LogP contribution in [-0.2, 0) is 11.3 Å². The van der Waals surface area contributed by atoms with Crippen molar-refractivity contribution in [1.29, 1.82) is 0 Å². The van der Waals surface area contributed by atoms with Crippen molar-refractivity contribution in [2.45, 2.75) is 32.9 Å². The highest BCUT2D eigenvalue weighted by atomic mass is 32.1. The molecular weight excluding hydrogens is 438 g/mol. The Morgan fingerprint density at radius 2 is 2.12 bits per heavy atom. The number of carbonyl (C=O) groups excluding carboxylic acids is 1. The zero-order valence-electron chi connectivity index (χ0n) is 19.8. The summed E-state index contributed by atoms with van der Waals surface area (Å²) in [4.78, 5) is 15.2. The number of rotatable bonds is 6. The number of fused-ring (bicyclic) bond motifs is 3. The first kappa shape index (κ1) is 23.1. The highest BCUT2D eigenvalue weighted by Crippen LogP contribution is 2.44. The van der Waals surface area contributed by atoms with Crippen molar-refractivity contribution in [3.8, 4) is 28.4 Å². The van der Waals surface area contributed by atoms with E-state index >= 15 is 0 Å². The summed E-state index contributed by atoms with van der Waals surface area (Å²) < 4.78 is 18.7. The maximum atomic E-state index is 13.5. The van der Waals surface area contributed by atoms with Gasteiger partial charge < -0.3 is 19.1 Å². The predicted molar refractivity (Wildman–Crippen MR) is 131 cm³/mol. The van der Waals surface area contributed by atoms with Gasteiger partial charge in [-0.2, -0.15) is 16.4 Å². The van der Waals surface area contributed by atoms with Crippen molar-refractivity contribution >= 4 is 23.3 Å². The van der Waals surface area contributed by atoms with Gasteiger partial charge in [-0.25, -0.2) is 4.68 Å². The molecule has 0 N–H and O–H groups in total. The molecule has 1 aliphatic heterocycles. The molecule has 0 saturated heterocycles. The molecule has 2 aromatic heterocycles. The lowest BCUT2D eigenvalue weighted by Crippen LogP contribution is -2.43. The van der Waals surface area contributed by atoms with Crippen LogP contribution in [0.25, 0.3) is 23.0 Å². The average Bonchev–Trinajstić information content (AvgIpc) is 3.45. The van der Waals surface area contributed by atoms with Gasteiger partial charge in [-0.3, -0.25) is 4.79 Å². The fraction of sp³-hybridized carbons (Fsp3) is 0.360. The Morgan fingerprint density at radius 1 is 1.33 bits per heavy atom. The maximum Gasteiger partial charge on any atom is 0.274 e. The molecule has 8 heteroatoms. The molecule has 3 aromatic rings. The number of carbonyl (C=O) groups is 1. The van der Waals surface area contributed by atoms with Crippen LogP contribution >= 0.6 is 11.3 Å². The quantitative estimate of drug-likeness (QED) is 0.509. The van der Waals surface area contributed by atoms with E-state index in [0.717, 1.165) is 28.1 Å². The molecule has 0 atom stereocenters. The standard InChI is InChI=1S/C25H29N3O4S/c1-25(2,3)27(4)24(29)22-19-14-32-21-13-20(31-6)16(8-7-10-30-5)12-18(21)23(19)28(26-22)17-9-11-33-15-17/h7-9,11-13,15H,10,14H2,1-6H3/b8-7+. The van der Waals surface area contributed by atoms with Crippen LogP contribution in [0.2, 0.25) is 0 Å². The van der Waals surface area contributed by atoms with E-state index in [9.17, 15) is 4.79 Å². The molecule has 0 saturated carbocycles. The Hall–Kier alpha value is -3.10. The predicted octanol–water partition coefficient (Wildman–Crippen LogP) is 5.03. The van der Waals surface area contributed by atoms with Crippen LogP contribution in [0.4, 0.5) is 0 Å². The second kappa shape index (κ2) is 9.03. The van der Waals surface area contributed by atoms with Gasteiger partial charge in [0.25, 0.3) is 5.91 Å². The monoisotopic (exact) mass is 467 g/mol. The minimum absolute atomic E-state index is 0.131. The Labute approximate surface area is 198 Å². The number of hydrogen-bond acceptors (Lipinski definition) is 6. The lowest BCUT2D eigenvalue weighted by atomic mass is 9.98. The van der Waals surface area contributed by atoms with E-state index < -0.39 is 0 Å². The van der Waals surface area contributed by atoms with Gasteiger partial charge in [0.2, 0.25) is 0 Å². The van der Waals surface area contributed by atoms with E-state index in [0.29, 0.717) is 23.8 Å². The fourth-order valence-corrected chi connectivity index (χ4v) is 4.29. The second-order valence-electron chi connectivity index (χ2n) is 8.84. The third kappa shape index (κ3) is 4.28. The Balaban J connectivity index is 1.92. The number of amides is 1. The molecule has 0 unspecified atom stereocenters. The highest BCUT2D eigenvalue weighted by molar-refractivity contribution is 7.08. The van der Waals surface area contributed by atoms with E-state index in [1.165, 1.54) is 0 Å². The molecule has 7 nitrogen and oxygen atoms in total. The van der Waals surface area contributed by atoms with Crippen molar-refractivity contribution in [3.63, 3.8) is 0 Å². The summed E-state index contributed by atoms with van der Waals surface area (Å²) in [7, 11) is 5.10. The second-order valence-corrected chi connectivity index (χ2v) is 9.62. The van der Waals surface area contributed by atoms with Crippen LogP contribution in [0.5, 0.6) is 11.5 Å². The van der Waals surface area contributed by atoms with Crippen LogP contribution in [-0.4, -0.2) is 54.0 Å². The Kier molecular flexibility index (Phi) is 6.32. The van der Waals surface area contributed by atoms with Gasteiger partial charge in [-0.15, -0.1) is 0 Å². The van der Waals surface area contributed by atoms with Crippen LogP contribution in [0.3, 0.4) is 0 Å². The summed E-state index contributed by atoms with van der Waals surface area (Å²) in [6, 6.07) is 5.90. The molecule has 1 aliphatic rings. The maximum absolute atomic E-state index is 13.5. The van der Waals surface area contributed by atoms with E-state index in [1.54, 1.807) is 37.5 Å². The number of hydrogen-bond donors (Lipinski definition) is 0. The normalized spacial score (nSPS) is 12.9. The van der Waals surface area contributed by atoms with Gasteiger partial charge in [0.1, 0.15) is 18.1 Å². The van der Waals surface area contributed by atoms with Crippen LogP contribution in [0.1, 0.15) is 42.4 Å². The molecule has 0 aliphatic carbocycles. The lowest BCUT2D eigenvalue weighted by molar-refractivity contribution is 0.0646. The summed E-state index contributed by atoms with van der Waals surface area (Å²) in [6.07, 6.45) is 3.89. The summed E-state index contributed by atoms with van der Waals surface area (Å²) in [5, 5.41) is 8.82. The molecule has 0 spiro atoms. The molecule has 4 rings (SSSR count). The molecular formula is C25H29N3O4S. The van der Waals surface area contributed by atoms with Crippen molar-refractivity contribution in [1.82, 2.24) is 14.7 Å². The van der Waals surface area contributed by atoms with Crippen molar-refractivity contribution in [3.05, 3.63) is 51.9 Å². The van der Waals surface area contributed by atoms with Crippen molar-refractivity contribution in [2.75, 3.05) is 27.9 Å². The van der Waals surface area contributed by atoms with E-state index in [1.807, 2.05) is 66.6 Å². The number of methoxy groups -OCH3 is 2. The minimum Gasteiger partial charge on any atom is -0.496 e. The summed E-state index contributed by atoms with van der Waals surface area (Å²) in [6.45, 7) is 6.76. The van der Waals surface area contributed by atoms with Gasteiger partial charge in [-0.1, -0.05) is 12.2 Å².